The van der Waals surface area contributed by atoms with Crippen LogP contribution >= 0.6 is 0 Å². The van der Waals surface area contributed by atoms with Crippen molar-refractivity contribution in [1.82, 2.24) is 10.4 Å². The smallest absolute Gasteiger partial charge is 0.267 e. The van der Waals surface area contributed by atoms with Gasteiger partial charge in [0.25, 0.3) is 11.8 Å². The number of rotatable bonds is 5. The molecule has 0 saturated carbocycles. The van der Waals surface area contributed by atoms with Gasteiger partial charge < -0.3 is 5.32 Å². The summed E-state index contributed by atoms with van der Waals surface area (Å²) in [5, 5.41) is 11.7. The van der Waals surface area contributed by atoms with Crippen molar-refractivity contribution in [2.24, 2.45) is 0 Å². The van der Waals surface area contributed by atoms with Crippen molar-refractivity contribution in [3.63, 3.8) is 0 Å². The van der Waals surface area contributed by atoms with E-state index in [2.05, 4.69) is 11.4 Å². The average Bonchev–Trinajstić information content (AvgIpc) is 2.63. The summed E-state index contributed by atoms with van der Waals surface area (Å²) >= 11 is 0. The Kier molecular flexibility index (Phi) is 6.75. The molecular weight excluding hydrogens is 361 g/mol. The second-order valence-corrected chi connectivity index (χ2v) is 6.87. The van der Waals surface area contributed by atoms with E-state index in [4.69, 9.17) is 5.21 Å². The van der Waals surface area contributed by atoms with Crippen molar-refractivity contribution in [1.29, 1.82) is 0 Å². The Bertz CT molecular complexity index is 883. The van der Waals surface area contributed by atoms with E-state index in [1.54, 1.807) is 4.90 Å². The van der Waals surface area contributed by atoms with Gasteiger partial charge in [0.1, 0.15) is 12.0 Å². The molecule has 1 unspecified atom stereocenters. The van der Waals surface area contributed by atoms with Gasteiger partial charge in [-0.05, 0) is 57.9 Å². The predicted octanol–water partition coefficient (Wildman–Crippen LogP) is 4.21. The normalized spacial score (nSPS) is 16.7. The fraction of sp³-hybridized carbons (Fsp3) is 0.333. The first-order valence-corrected chi connectivity index (χ1v) is 9.11. The van der Waals surface area contributed by atoms with E-state index in [1.807, 2.05) is 34.6 Å². The Morgan fingerprint density at radius 1 is 1.36 bits per heavy atom. The third-order valence-electron chi connectivity index (χ3n) is 4.46. The van der Waals surface area contributed by atoms with E-state index >= 15 is 0 Å². The molecule has 3 N–H and O–H groups in total. The molecule has 1 aliphatic heterocycles. The van der Waals surface area contributed by atoms with Gasteiger partial charge in [-0.1, -0.05) is 18.6 Å². The van der Waals surface area contributed by atoms with E-state index in [0.29, 0.717) is 11.3 Å². The second kappa shape index (κ2) is 8.84. The van der Waals surface area contributed by atoms with Crippen molar-refractivity contribution in [2.75, 3.05) is 5.32 Å². The summed E-state index contributed by atoms with van der Waals surface area (Å²) in [6.45, 7) is 9.74. The van der Waals surface area contributed by atoms with Crippen LogP contribution in [0.5, 0.6) is 0 Å². The van der Waals surface area contributed by atoms with Crippen LogP contribution in [0.3, 0.4) is 0 Å². The number of nitrogens with zero attached hydrogens (tertiary/aromatic N) is 1. The highest BCUT2D eigenvalue weighted by molar-refractivity contribution is 6.03. The van der Waals surface area contributed by atoms with Gasteiger partial charge in [-0.15, -0.1) is 0 Å². The third kappa shape index (κ3) is 4.31. The maximum absolute atomic E-state index is 14.4. The summed E-state index contributed by atoms with van der Waals surface area (Å²) in [6, 6.07) is 2.65. The summed E-state index contributed by atoms with van der Waals surface area (Å²) in [6.07, 6.45) is 4.74. The van der Waals surface area contributed by atoms with Gasteiger partial charge in [-0.2, -0.15) is 0 Å². The minimum atomic E-state index is -0.788. The molecule has 1 aliphatic rings. The van der Waals surface area contributed by atoms with Crippen LogP contribution in [0.2, 0.25) is 0 Å². The van der Waals surface area contributed by atoms with Crippen LogP contribution in [-0.2, 0) is 4.79 Å². The van der Waals surface area contributed by atoms with E-state index in [0.717, 1.165) is 29.3 Å². The first-order chi connectivity index (χ1) is 13.2. The molecule has 1 aromatic rings. The van der Waals surface area contributed by atoms with Gasteiger partial charge in [0.2, 0.25) is 0 Å². The monoisotopic (exact) mass is 387 g/mol. The Labute approximate surface area is 164 Å². The molecule has 1 heterocycles. The van der Waals surface area contributed by atoms with Crippen LogP contribution in [0.4, 0.5) is 10.1 Å². The molecule has 0 aromatic heterocycles. The summed E-state index contributed by atoms with van der Waals surface area (Å²) in [5.41, 5.74) is 5.05. The molecule has 7 heteroatoms. The van der Waals surface area contributed by atoms with Crippen molar-refractivity contribution >= 4 is 23.6 Å². The zero-order chi connectivity index (χ0) is 21.0. The molecule has 0 radical (unpaired) electrons. The van der Waals surface area contributed by atoms with Crippen molar-refractivity contribution in [2.45, 2.75) is 47.2 Å². The number of amides is 2. The maximum Gasteiger partial charge on any atom is 0.267 e. The first kappa shape index (κ1) is 21.4. The third-order valence-corrected chi connectivity index (χ3v) is 4.46. The van der Waals surface area contributed by atoms with Crippen LogP contribution in [0.1, 0.15) is 57.0 Å². The molecule has 0 fully saturated rings. The molecule has 2 rings (SSSR count). The summed E-state index contributed by atoms with van der Waals surface area (Å²) < 4.78 is 14.4. The number of anilines is 1. The number of hydrogen-bond acceptors (Lipinski definition) is 4. The lowest BCUT2D eigenvalue weighted by atomic mass is 10.00. The quantitative estimate of drug-likeness (QED) is 0.306. The van der Waals surface area contributed by atoms with E-state index in [-0.39, 0.29) is 17.6 Å². The zero-order valence-electron chi connectivity index (χ0n) is 16.8. The van der Waals surface area contributed by atoms with Crippen LogP contribution in [0.15, 0.2) is 41.1 Å². The zero-order valence-corrected chi connectivity index (χ0v) is 16.8. The number of nitrogens with one attached hydrogen (secondary N) is 2. The van der Waals surface area contributed by atoms with Crippen LogP contribution in [0.25, 0.3) is 6.08 Å². The summed E-state index contributed by atoms with van der Waals surface area (Å²) in [7, 11) is 0. The number of carbonyl (C=O) groups excluding carboxylic acids is 2. The lowest BCUT2D eigenvalue weighted by Gasteiger charge is -2.38. The lowest BCUT2D eigenvalue weighted by Crippen LogP contribution is -2.47. The molecule has 0 bridgehead atoms. The van der Waals surface area contributed by atoms with Gasteiger partial charge in [0.15, 0.2) is 0 Å². The fourth-order valence-electron chi connectivity index (χ4n) is 3.34. The molecule has 2 amide bonds. The van der Waals surface area contributed by atoms with Crippen LogP contribution in [-0.4, -0.2) is 28.1 Å². The molecule has 1 atom stereocenters. The number of fused-ring (bicyclic) bond motifs is 1. The SMILES string of the molecule is CC/C=C(/C)C(=C(C)C)N1C(=O)c2cc(/C=C/C(=O)NO)c(F)cc2NC1C. The molecular formula is C21H26FN3O3. The molecule has 28 heavy (non-hydrogen) atoms. The summed E-state index contributed by atoms with van der Waals surface area (Å²) in [5.74, 6) is -1.61. The Hall–Kier alpha value is -2.93. The Morgan fingerprint density at radius 2 is 2.04 bits per heavy atom. The molecule has 1 aromatic carbocycles. The minimum absolute atomic E-state index is 0.0755. The van der Waals surface area contributed by atoms with E-state index < -0.39 is 11.7 Å². The minimum Gasteiger partial charge on any atom is -0.364 e. The largest absolute Gasteiger partial charge is 0.364 e. The first-order valence-electron chi connectivity index (χ1n) is 9.11. The predicted molar refractivity (Wildman–Crippen MR) is 107 cm³/mol. The number of hydroxylamine groups is 1. The van der Waals surface area contributed by atoms with Crippen molar-refractivity contribution in [3.05, 3.63) is 58.1 Å². The molecule has 150 valence electrons. The Morgan fingerprint density at radius 3 is 2.61 bits per heavy atom. The van der Waals surface area contributed by atoms with Gasteiger partial charge in [-0.25, -0.2) is 9.87 Å². The van der Waals surface area contributed by atoms with Crippen LogP contribution in [0, 0.1) is 5.82 Å². The fourth-order valence-corrected chi connectivity index (χ4v) is 3.34. The van der Waals surface area contributed by atoms with Gasteiger partial charge >= 0.3 is 0 Å². The highest BCUT2D eigenvalue weighted by Gasteiger charge is 2.33. The number of hydrogen-bond donors (Lipinski definition) is 3. The van der Waals surface area contributed by atoms with Crippen molar-refractivity contribution in [3.8, 4) is 0 Å². The molecule has 6 nitrogen and oxygen atoms in total. The van der Waals surface area contributed by atoms with Gasteiger partial charge in [0, 0.05) is 17.3 Å². The lowest BCUT2D eigenvalue weighted by molar-refractivity contribution is -0.124. The van der Waals surface area contributed by atoms with Gasteiger partial charge in [0.05, 0.1) is 11.3 Å². The number of benzene rings is 1. The van der Waals surface area contributed by atoms with E-state index in [1.165, 1.54) is 23.7 Å². The summed E-state index contributed by atoms with van der Waals surface area (Å²) in [4.78, 5) is 26.1. The second-order valence-electron chi connectivity index (χ2n) is 6.87. The number of halogens is 1. The number of carbonyl (C=O) groups is 2. The topological polar surface area (TPSA) is 81.7 Å². The highest BCUT2D eigenvalue weighted by Crippen LogP contribution is 2.33. The standard InChI is InChI=1S/C21H26FN3O3/c1-6-7-13(4)20(12(2)3)25-14(5)23-18-11-17(22)15(8-9-19(26)24-28)10-16(18)21(25)27/h7-11,14,23,28H,6H2,1-5H3,(H,24,26)/b9-8+,13-7-. The maximum atomic E-state index is 14.4. The van der Waals surface area contributed by atoms with Crippen molar-refractivity contribution < 1.29 is 19.2 Å². The average molecular weight is 387 g/mol. The highest BCUT2D eigenvalue weighted by atomic mass is 19.1. The van der Waals surface area contributed by atoms with E-state index in [9.17, 15) is 14.0 Å². The van der Waals surface area contributed by atoms with Crippen LogP contribution < -0.4 is 10.8 Å². The Balaban J connectivity index is 2.54. The van der Waals surface area contributed by atoms with Gasteiger partial charge in [-0.3, -0.25) is 19.7 Å². The molecule has 0 spiro atoms. The number of allylic oxidation sites excluding steroid dienone is 3. The molecule has 0 saturated heterocycles. The molecule has 0 aliphatic carbocycles.